The number of rotatable bonds is 3. The molecule has 0 aliphatic heterocycles. The van der Waals surface area contributed by atoms with Gasteiger partial charge in [0.1, 0.15) is 5.75 Å². The van der Waals surface area contributed by atoms with E-state index < -0.39 is 0 Å². The molecule has 0 aliphatic rings. The zero-order chi connectivity index (χ0) is 13.1. The maximum absolute atomic E-state index is 11.2. The van der Waals surface area contributed by atoms with Crippen molar-refractivity contribution in [2.75, 3.05) is 5.32 Å². The number of hydrogen-bond donors (Lipinski definition) is 2. The van der Waals surface area contributed by atoms with Crippen LogP contribution in [0.1, 0.15) is 25.8 Å². The van der Waals surface area contributed by atoms with Gasteiger partial charge in [0.05, 0.1) is 0 Å². The van der Waals surface area contributed by atoms with E-state index in [1.807, 2.05) is 24.3 Å². The Balaban J connectivity index is 2.70. The van der Waals surface area contributed by atoms with Crippen molar-refractivity contribution in [1.29, 1.82) is 0 Å². The Morgan fingerprint density at radius 1 is 1.28 bits per heavy atom. The van der Waals surface area contributed by atoms with Gasteiger partial charge in [-0.2, -0.15) is 0 Å². The molecule has 0 saturated carbocycles. The Labute approximate surface area is 106 Å². The third-order valence-corrected chi connectivity index (χ3v) is 2.94. The van der Waals surface area contributed by atoms with Crippen LogP contribution < -0.4 is 5.32 Å². The minimum Gasteiger partial charge on any atom is -0.508 e. The molecule has 0 heterocycles. The van der Waals surface area contributed by atoms with Gasteiger partial charge in [0, 0.05) is 23.6 Å². The highest BCUT2D eigenvalue weighted by atomic mass is 16.3. The van der Waals surface area contributed by atoms with Crippen LogP contribution in [0.2, 0.25) is 0 Å². The van der Waals surface area contributed by atoms with Crippen LogP contribution in [-0.4, -0.2) is 11.0 Å². The van der Waals surface area contributed by atoms with Crippen LogP contribution in [0.15, 0.2) is 30.3 Å². The highest BCUT2D eigenvalue weighted by Crippen LogP contribution is 2.33. The molecule has 3 heteroatoms. The zero-order valence-corrected chi connectivity index (χ0v) is 10.7. The Morgan fingerprint density at radius 3 is 2.72 bits per heavy atom. The van der Waals surface area contributed by atoms with Gasteiger partial charge < -0.3 is 10.4 Å². The largest absolute Gasteiger partial charge is 0.508 e. The van der Waals surface area contributed by atoms with E-state index in [2.05, 4.69) is 12.2 Å². The fourth-order valence-corrected chi connectivity index (χ4v) is 2.24. The minimum absolute atomic E-state index is 0.103. The molecule has 0 radical (unpaired) electrons. The summed E-state index contributed by atoms with van der Waals surface area (Å²) >= 11 is 0. The molecule has 0 spiro atoms. The van der Waals surface area contributed by atoms with Gasteiger partial charge in [-0.15, -0.1) is 0 Å². The summed E-state index contributed by atoms with van der Waals surface area (Å²) in [6, 6.07) is 9.34. The summed E-state index contributed by atoms with van der Waals surface area (Å²) in [6.07, 6.45) is 1.74. The quantitative estimate of drug-likeness (QED) is 0.867. The summed E-state index contributed by atoms with van der Waals surface area (Å²) in [5, 5.41) is 14.8. The number of aromatic hydroxyl groups is 1. The van der Waals surface area contributed by atoms with Gasteiger partial charge in [0.2, 0.25) is 5.91 Å². The molecule has 0 atom stereocenters. The predicted octanol–water partition coefficient (Wildman–Crippen LogP) is 3.46. The van der Waals surface area contributed by atoms with E-state index in [0.717, 1.165) is 34.9 Å². The average Bonchev–Trinajstić information content (AvgIpc) is 2.32. The number of amides is 1. The number of carbonyl (C=O) groups excluding carboxylic acids is 1. The molecule has 0 unspecified atom stereocenters. The molecule has 0 fully saturated rings. The molecule has 18 heavy (non-hydrogen) atoms. The summed E-state index contributed by atoms with van der Waals surface area (Å²) in [4.78, 5) is 11.2. The van der Waals surface area contributed by atoms with Crippen molar-refractivity contribution in [3.05, 3.63) is 35.9 Å². The zero-order valence-electron chi connectivity index (χ0n) is 10.7. The van der Waals surface area contributed by atoms with E-state index in [4.69, 9.17) is 0 Å². The lowest BCUT2D eigenvalue weighted by atomic mass is 9.98. The maximum atomic E-state index is 11.2. The molecular weight excluding hydrogens is 226 g/mol. The number of fused-ring (bicyclic) bond motifs is 1. The van der Waals surface area contributed by atoms with Crippen molar-refractivity contribution in [2.24, 2.45) is 0 Å². The van der Waals surface area contributed by atoms with Gasteiger partial charge in [-0.1, -0.05) is 31.5 Å². The van der Waals surface area contributed by atoms with Gasteiger partial charge in [-0.3, -0.25) is 4.79 Å². The van der Waals surface area contributed by atoms with Crippen LogP contribution in [0.4, 0.5) is 5.69 Å². The Hall–Kier alpha value is -2.03. The highest BCUT2D eigenvalue weighted by molar-refractivity contribution is 6.03. The van der Waals surface area contributed by atoms with E-state index in [9.17, 15) is 9.90 Å². The van der Waals surface area contributed by atoms with Crippen molar-refractivity contribution in [3.63, 3.8) is 0 Å². The smallest absolute Gasteiger partial charge is 0.221 e. The molecule has 2 aromatic carbocycles. The van der Waals surface area contributed by atoms with Gasteiger partial charge in [-0.25, -0.2) is 0 Å². The Kier molecular flexibility index (Phi) is 3.51. The van der Waals surface area contributed by atoms with Crippen LogP contribution >= 0.6 is 0 Å². The van der Waals surface area contributed by atoms with Crippen molar-refractivity contribution >= 4 is 22.4 Å². The lowest BCUT2D eigenvalue weighted by Gasteiger charge is -2.13. The van der Waals surface area contributed by atoms with Crippen molar-refractivity contribution in [2.45, 2.75) is 26.7 Å². The highest BCUT2D eigenvalue weighted by Gasteiger charge is 2.10. The number of nitrogens with one attached hydrogen (secondary N) is 1. The van der Waals surface area contributed by atoms with E-state index in [0.29, 0.717) is 5.75 Å². The third-order valence-electron chi connectivity index (χ3n) is 2.94. The van der Waals surface area contributed by atoms with E-state index in [1.54, 1.807) is 6.07 Å². The molecular formula is C15H17NO2. The first-order valence-corrected chi connectivity index (χ1v) is 6.14. The minimum atomic E-state index is -0.103. The number of phenolic OH excluding ortho intramolecular Hbond substituents is 1. The van der Waals surface area contributed by atoms with Gasteiger partial charge in [-0.05, 0) is 23.9 Å². The maximum Gasteiger partial charge on any atom is 0.221 e. The van der Waals surface area contributed by atoms with Crippen molar-refractivity contribution in [3.8, 4) is 5.75 Å². The van der Waals surface area contributed by atoms with Crippen LogP contribution in [0.5, 0.6) is 5.75 Å². The summed E-state index contributed by atoms with van der Waals surface area (Å²) < 4.78 is 0. The molecule has 2 N–H and O–H groups in total. The first-order chi connectivity index (χ1) is 8.63. The first-order valence-electron chi connectivity index (χ1n) is 6.14. The molecule has 0 aliphatic carbocycles. The van der Waals surface area contributed by atoms with Crippen LogP contribution in [0, 0.1) is 0 Å². The Morgan fingerprint density at radius 2 is 2.06 bits per heavy atom. The Bertz CT molecular complexity index is 590. The number of phenols is 1. The topological polar surface area (TPSA) is 49.3 Å². The average molecular weight is 243 g/mol. The number of benzene rings is 2. The van der Waals surface area contributed by atoms with E-state index in [1.165, 1.54) is 6.92 Å². The van der Waals surface area contributed by atoms with Gasteiger partial charge >= 0.3 is 0 Å². The first kappa shape index (κ1) is 12.4. The molecule has 3 nitrogen and oxygen atoms in total. The fourth-order valence-electron chi connectivity index (χ4n) is 2.24. The van der Waals surface area contributed by atoms with Crippen molar-refractivity contribution < 1.29 is 9.90 Å². The normalized spacial score (nSPS) is 10.6. The third kappa shape index (κ3) is 2.30. The standard InChI is InChI=1S/C15H17NO2/c1-3-5-12-14(18)9-8-11-6-4-7-13(15(11)12)16-10(2)17/h4,6-9,18H,3,5H2,1-2H3,(H,16,17). The SMILES string of the molecule is CCCc1c(O)ccc2cccc(NC(C)=O)c12. The van der Waals surface area contributed by atoms with E-state index in [-0.39, 0.29) is 5.91 Å². The number of carbonyl (C=O) groups is 1. The van der Waals surface area contributed by atoms with Crippen LogP contribution in [0.3, 0.4) is 0 Å². The summed E-state index contributed by atoms with van der Waals surface area (Å²) in [5.74, 6) is 0.190. The number of anilines is 1. The molecule has 2 aromatic rings. The molecule has 0 bridgehead atoms. The molecule has 1 amide bonds. The number of hydrogen-bond acceptors (Lipinski definition) is 2. The molecule has 2 rings (SSSR count). The predicted molar refractivity (Wildman–Crippen MR) is 73.9 cm³/mol. The number of aryl methyl sites for hydroxylation is 1. The second kappa shape index (κ2) is 5.08. The fraction of sp³-hybridized carbons (Fsp3) is 0.267. The monoisotopic (exact) mass is 243 g/mol. The van der Waals surface area contributed by atoms with Crippen LogP contribution in [-0.2, 0) is 11.2 Å². The molecule has 0 saturated heterocycles. The lowest BCUT2D eigenvalue weighted by Crippen LogP contribution is -2.06. The second-order valence-electron chi connectivity index (χ2n) is 4.40. The summed E-state index contributed by atoms with van der Waals surface area (Å²) in [5.41, 5.74) is 1.67. The van der Waals surface area contributed by atoms with E-state index >= 15 is 0 Å². The lowest BCUT2D eigenvalue weighted by molar-refractivity contribution is -0.114. The van der Waals surface area contributed by atoms with Crippen LogP contribution in [0.25, 0.3) is 10.8 Å². The van der Waals surface area contributed by atoms with Crippen molar-refractivity contribution in [1.82, 2.24) is 0 Å². The molecule has 0 aromatic heterocycles. The van der Waals surface area contributed by atoms with Gasteiger partial charge in [0.25, 0.3) is 0 Å². The van der Waals surface area contributed by atoms with Gasteiger partial charge in [0.15, 0.2) is 0 Å². The molecule has 94 valence electrons. The summed E-state index contributed by atoms with van der Waals surface area (Å²) in [6.45, 7) is 3.56. The second-order valence-corrected chi connectivity index (χ2v) is 4.40. The summed E-state index contributed by atoms with van der Waals surface area (Å²) in [7, 11) is 0.